The summed E-state index contributed by atoms with van der Waals surface area (Å²) in [6.45, 7) is 1.25. The van der Waals surface area contributed by atoms with Crippen LogP contribution in [0.25, 0.3) is 10.8 Å². The standard InChI is InChI=1S/C25H21ClN6O9S2/c1-9(23(37)38)41-30-16(15-19(26)43-25(27)29-15)20(35)28-17-21(36)32-18(24(39)40)12(8-42-22(17)32)7-31-3-2-10-4-13(33)14(34)5-11(10)6-31/h2-6,9,17,22H,7-8H2,1H3,(H6,27,28,29,34,35,37,38,39,40)/b30-16-/t9-,17+,22?/m0/s1. The average Bonchev–Trinajstić information content (AvgIpc) is 3.28. The molecule has 1 saturated heterocycles. The maximum atomic E-state index is 13.2. The molecule has 1 aromatic carbocycles. The lowest BCUT2D eigenvalue weighted by atomic mass is 10.0. The number of carboxylic acid groups (broad SMARTS) is 2. The number of pyridine rings is 1. The van der Waals surface area contributed by atoms with Crippen molar-refractivity contribution in [3.05, 3.63) is 51.9 Å². The van der Waals surface area contributed by atoms with Crippen molar-refractivity contribution in [3.63, 3.8) is 0 Å². The predicted molar refractivity (Wildman–Crippen MR) is 151 cm³/mol. The van der Waals surface area contributed by atoms with Crippen LogP contribution >= 0.6 is 34.7 Å². The Kier molecular flexibility index (Phi) is 8.04. The highest BCUT2D eigenvalue weighted by molar-refractivity contribution is 8.00. The number of hydrogen-bond acceptors (Lipinski definition) is 13. The van der Waals surface area contributed by atoms with Crippen molar-refractivity contribution in [2.24, 2.45) is 5.16 Å². The zero-order valence-electron chi connectivity index (χ0n) is 21.9. The quantitative estimate of drug-likeness (QED) is 0.0651. The molecule has 2 aliphatic rings. The van der Waals surface area contributed by atoms with Gasteiger partial charge >= 0.3 is 5.97 Å². The van der Waals surface area contributed by atoms with Crippen molar-refractivity contribution >= 4 is 80.1 Å². The summed E-state index contributed by atoms with van der Waals surface area (Å²) in [7, 11) is 0. The van der Waals surface area contributed by atoms with Gasteiger partial charge in [0.05, 0.1) is 11.7 Å². The number of carbonyl (C=O) groups excluding carboxylic acids is 3. The fraction of sp³-hybridized carbons (Fsp3) is 0.240. The molecule has 224 valence electrons. The maximum Gasteiger partial charge on any atom is 0.347 e. The Morgan fingerprint density at radius 1 is 1.33 bits per heavy atom. The Bertz CT molecular complexity index is 1760. The van der Waals surface area contributed by atoms with E-state index in [1.165, 1.54) is 30.8 Å². The molecule has 2 aromatic heterocycles. The Morgan fingerprint density at radius 2 is 2.02 bits per heavy atom. The van der Waals surface area contributed by atoms with Gasteiger partial charge in [0.2, 0.25) is 6.10 Å². The molecular formula is C25H21ClN6O9S2. The van der Waals surface area contributed by atoms with Crippen molar-refractivity contribution in [2.45, 2.75) is 31.0 Å². The van der Waals surface area contributed by atoms with Gasteiger partial charge in [-0.2, -0.15) is 0 Å². The number of nitrogens with one attached hydrogen (secondary N) is 1. The van der Waals surface area contributed by atoms with Crippen LogP contribution in [0.1, 0.15) is 12.6 Å². The second kappa shape index (κ2) is 11.6. The summed E-state index contributed by atoms with van der Waals surface area (Å²) in [4.78, 5) is 59.6. The van der Waals surface area contributed by atoms with Gasteiger partial charge in [-0.05, 0) is 24.4 Å². The third kappa shape index (κ3) is 5.73. The van der Waals surface area contributed by atoms with Gasteiger partial charge in [0, 0.05) is 22.8 Å². The van der Waals surface area contributed by atoms with Crippen LogP contribution in [-0.4, -0.2) is 77.9 Å². The molecule has 0 radical (unpaired) electrons. The predicted octanol–water partition coefficient (Wildman–Crippen LogP) is -0.471. The van der Waals surface area contributed by atoms with Crippen molar-refractivity contribution in [1.29, 1.82) is 0 Å². The highest BCUT2D eigenvalue weighted by atomic mass is 35.5. The highest BCUT2D eigenvalue weighted by Gasteiger charge is 2.53. The molecule has 2 amide bonds. The van der Waals surface area contributed by atoms with E-state index in [2.05, 4.69) is 15.5 Å². The number of phenolic OH excluding ortho intramolecular Hbond substituents is 2. The normalized spacial score (nSPS) is 19.1. The van der Waals surface area contributed by atoms with E-state index in [9.17, 15) is 34.5 Å². The number of nitrogen functional groups attached to an aromatic ring is 1. The number of benzene rings is 1. The molecule has 5 rings (SSSR count). The third-order valence-corrected chi connectivity index (χ3v) is 8.95. The lowest BCUT2D eigenvalue weighted by Gasteiger charge is -2.50. The van der Waals surface area contributed by atoms with Gasteiger partial charge in [-0.15, -0.1) is 11.8 Å². The fourth-order valence-electron chi connectivity index (χ4n) is 4.42. The number of phenols is 2. The lowest BCUT2D eigenvalue weighted by molar-refractivity contribution is -0.687. The van der Waals surface area contributed by atoms with E-state index >= 15 is 0 Å². The van der Waals surface area contributed by atoms with Gasteiger partial charge in [-0.1, -0.05) is 28.1 Å². The average molecular weight is 649 g/mol. The zero-order chi connectivity index (χ0) is 31.2. The fourth-order valence-corrected chi connectivity index (χ4v) is 6.68. The smallest absolute Gasteiger partial charge is 0.347 e. The number of aromatic nitrogens is 2. The van der Waals surface area contributed by atoms with E-state index in [1.54, 1.807) is 23.0 Å². The minimum absolute atomic E-state index is 0.00369. The number of thiazole rings is 1. The molecule has 43 heavy (non-hydrogen) atoms. The molecule has 0 aliphatic carbocycles. The van der Waals surface area contributed by atoms with Gasteiger partial charge in [0.15, 0.2) is 41.3 Å². The van der Waals surface area contributed by atoms with Crippen LogP contribution in [0.4, 0.5) is 5.13 Å². The van der Waals surface area contributed by atoms with Crippen LogP contribution in [0.5, 0.6) is 11.5 Å². The van der Waals surface area contributed by atoms with Gasteiger partial charge in [0.1, 0.15) is 21.4 Å². The Labute approximate surface area is 254 Å². The molecule has 2 aliphatic heterocycles. The van der Waals surface area contributed by atoms with Crippen LogP contribution in [0.15, 0.2) is 47.0 Å². The lowest BCUT2D eigenvalue weighted by Crippen LogP contribution is -2.71. The molecule has 18 heteroatoms. The van der Waals surface area contributed by atoms with Crippen LogP contribution in [0.2, 0.25) is 4.34 Å². The first kappa shape index (κ1) is 29.9. The van der Waals surface area contributed by atoms with Crippen LogP contribution in [-0.2, 0) is 30.6 Å². The summed E-state index contributed by atoms with van der Waals surface area (Å²) in [5.41, 5.74) is 5.00. The molecule has 1 unspecified atom stereocenters. The molecule has 3 atom stereocenters. The van der Waals surface area contributed by atoms with Gasteiger partial charge < -0.3 is 41.1 Å². The molecule has 1 fully saturated rings. The van der Waals surface area contributed by atoms with Crippen molar-refractivity contribution in [2.75, 3.05) is 11.5 Å². The number of carboxylic acids is 2. The molecule has 0 spiro atoms. The topological polar surface area (TPSA) is 232 Å². The molecule has 3 aromatic rings. The largest absolute Gasteiger partial charge is 0.543 e. The summed E-state index contributed by atoms with van der Waals surface area (Å²) in [6.07, 6.45) is 1.87. The van der Waals surface area contributed by atoms with E-state index in [1.807, 2.05) is 0 Å². The van der Waals surface area contributed by atoms with Gasteiger partial charge in [-0.3, -0.25) is 14.5 Å². The van der Waals surface area contributed by atoms with Crippen LogP contribution in [0.3, 0.4) is 0 Å². The second-order valence-electron chi connectivity index (χ2n) is 9.39. The number of nitrogens with two attached hydrogens (primary N) is 1. The second-order valence-corrected chi connectivity index (χ2v) is 12.1. The minimum atomic E-state index is -1.58. The van der Waals surface area contributed by atoms with Crippen molar-refractivity contribution < 1.29 is 49.0 Å². The van der Waals surface area contributed by atoms with Gasteiger partial charge in [0.25, 0.3) is 11.8 Å². The number of rotatable bonds is 9. The number of hydrogen-bond donors (Lipinski definition) is 5. The number of amides is 2. The number of halogens is 1. The van der Waals surface area contributed by atoms with E-state index in [4.69, 9.17) is 27.3 Å². The number of β-lactam (4-membered cyclic amide) rings is 1. The first-order chi connectivity index (χ1) is 20.3. The first-order valence-electron chi connectivity index (χ1n) is 12.3. The third-order valence-electron chi connectivity index (χ3n) is 6.52. The monoisotopic (exact) mass is 648 g/mol. The number of nitrogens with zero attached hydrogens (tertiary/aromatic N) is 4. The number of aromatic hydroxyl groups is 2. The first-order valence-corrected chi connectivity index (χ1v) is 14.5. The summed E-state index contributed by atoms with van der Waals surface area (Å²) in [6, 6.07) is 3.26. The number of anilines is 1. The molecule has 0 bridgehead atoms. The number of carbonyl (C=O) groups is 4. The molecular weight excluding hydrogens is 628 g/mol. The number of fused-ring (bicyclic) bond motifs is 2. The van der Waals surface area contributed by atoms with Crippen molar-refractivity contribution in [3.8, 4) is 11.5 Å². The Balaban J connectivity index is 1.37. The summed E-state index contributed by atoms with van der Waals surface area (Å²) in [5.74, 6) is -5.06. The molecule has 0 saturated carbocycles. The number of thioether (sulfide) groups is 1. The van der Waals surface area contributed by atoms with E-state index in [-0.39, 0.29) is 44.7 Å². The Morgan fingerprint density at radius 3 is 2.65 bits per heavy atom. The molecule has 6 N–H and O–H groups in total. The van der Waals surface area contributed by atoms with Crippen LogP contribution < -0.4 is 20.7 Å². The molecule has 4 heterocycles. The van der Waals surface area contributed by atoms with E-state index in [0.717, 1.165) is 16.2 Å². The number of aliphatic carboxylic acids is 2. The van der Waals surface area contributed by atoms with E-state index in [0.29, 0.717) is 16.3 Å². The van der Waals surface area contributed by atoms with Crippen molar-refractivity contribution in [1.82, 2.24) is 15.2 Å². The molecule has 15 nitrogen and oxygen atoms in total. The van der Waals surface area contributed by atoms with E-state index < -0.39 is 47.0 Å². The maximum absolute atomic E-state index is 13.2. The summed E-state index contributed by atoms with van der Waals surface area (Å²) < 4.78 is 1.63. The van der Waals surface area contributed by atoms with Crippen LogP contribution in [0, 0.1) is 0 Å². The summed E-state index contributed by atoms with van der Waals surface area (Å²) >= 11 is 8.17. The SMILES string of the molecule is C[C@H](O/N=C(\C(=O)N[C@@H]1C(=O)N2C(C(=O)[O-])=C(C[n+]3ccc4cc(O)c(O)cc4c3)CSC12)c1nc(N)sc1Cl)C(=O)O. The number of oxime groups is 1. The Hall–Kier alpha value is -4.61. The zero-order valence-corrected chi connectivity index (χ0v) is 24.3. The summed E-state index contributed by atoms with van der Waals surface area (Å²) in [5, 5.41) is 47.4. The highest BCUT2D eigenvalue weighted by Crippen LogP contribution is 2.40. The minimum Gasteiger partial charge on any atom is -0.543 e. The van der Waals surface area contributed by atoms with Gasteiger partial charge in [-0.25, -0.2) is 14.3 Å².